The van der Waals surface area contributed by atoms with Crippen LogP contribution in [0.5, 0.6) is 0 Å². The number of nitrogens with one attached hydrogen (secondary N) is 1. The van der Waals surface area contributed by atoms with Gasteiger partial charge in [-0.05, 0) is 25.8 Å². The van der Waals surface area contributed by atoms with E-state index >= 15 is 0 Å². The quantitative estimate of drug-likeness (QED) is 0.883. The van der Waals surface area contributed by atoms with Crippen molar-refractivity contribution in [2.24, 2.45) is 0 Å². The second-order valence-electron chi connectivity index (χ2n) is 4.64. The number of hydrogen-bond donors (Lipinski definition) is 2. The van der Waals surface area contributed by atoms with Crippen LogP contribution < -0.4 is 10.5 Å². The van der Waals surface area contributed by atoms with E-state index in [4.69, 9.17) is 5.73 Å². The van der Waals surface area contributed by atoms with Gasteiger partial charge < -0.3 is 5.73 Å². The van der Waals surface area contributed by atoms with E-state index in [0.717, 1.165) is 16.9 Å². The van der Waals surface area contributed by atoms with E-state index in [9.17, 15) is 8.42 Å². The van der Waals surface area contributed by atoms with Gasteiger partial charge in [0.2, 0.25) is 0 Å². The third-order valence-corrected chi connectivity index (χ3v) is 5.94. The highest BCUT2D eigenvalue weighted by atomic mass is 32.2. The summed E-state index contributed by atoms with van der Waals surface area (Å²) in [7, 11) is -3.56. The van der Waals surface area contributed by atoms with Crippen molar-refractivity contribution < 1.29 is 8.42 Å². The SMILES string of the molecule is Cc1nc(N)sc1S(=O)(=O)NC(C)Cc1ccccc1. The van der Waals surface area contributed by atoms with Crippen LogP contribution in [0.2, 0.25) is 0 Å². The topological polar surface area (TPSA) is 85.1 Å². The molecule has 0 aliphatic rings. The lowest BCUT2D eigenvalue weighted by Gasteiger charge is -2.13. The molecule has 1 heterocycles. The molecule has 0 amide bonds. The molecular formula is C13H17N3O2S2. The first kappa shape index (κ1) is 15.0. The molecule has 20 heavy (non-hydrogen) atoms. The molecule has 1 atom stereocenters. The predicted molar refractivity (Wildman–Crippen MR) is 81.2 cm³/mol. The summed E-state index contributed by atoms with van der Waals surface area (Å²) in [4.78, 5) is 3.95. The molecule has 0 aliphatic carbocycles. The standard InChI is InChI=1S/C13H17N3O2S2/c1-9(8-11-6-4-3-5-7-11)16-20(17,18)12-10(2)15-13(14)19-12/h3-7,9,16H,8H2,1-2H3,(H2,14,15). The first-order chi connectivity index (χ1) is 9.38. The van der Waals surface area contributed by atoms with Gasteiger partial charge in [-0.3, -0.25) is 0 Å². The molecule has 0 aliphatic heterocycles. The molecule has 0 saturated heterocycles. The van der Waals surface area contributed by atoms with Crippen LogP contribution in [-0.2, 0) is 16.4 Å². The Morgan fingerprint density at radius 2 is 2.00 bits per heavy atom. The maximum Gasteiger partial charge on any atom is 0.252 e. The fourth-order valence-electron chi connectivity index (χ4n) is 1.98. The van der Waals surface area contributed by atoms with E-state index in [1.165, 1.54) is 0 Å². The fourth-order valence-corrected chi connectivity index (χ4v) is 4.54. The van der Waals surface area contributed by atoms with Crippen LogP contribution >= 0.6 is 11.3 Å². The molecule has 0 saturated carbocycles. The highest BCUT2D eigenvalue weighted by molar-refractivity contribution is 7.91. The summed E-state index contributed by atoms with van der Waals surface area (Å²) in [6.45, 7) is 3.48. The minimum atomic E-state index is -3.56. The normalized spacial score (nSPS) is 13.3. The minimum absolute atomic E-state index is 0.190. The third-order valence-electron chi connectivity index (χ3n) is 2.76. The van der Waals surface area contributed by atoms with Crippen LogP contribution in [0.4, 0.5) is 5.13 Å². The second-order valence-corrected chi connectivity index (χ2v) is 7.58. The predicted octanol–water partition coefficient (Wildman–Crippen LogP) is 1.94. The van der Waals surface area contributed by atoms with Crippen molar-refractivity contribution in [1.29, 1.82) is 0 Å². The zero-order valence-electron chi connectivity index (χ0n) is 11.3. The van der Waals surface area contributed by atoms with E-state index in [2.05, 4.69) is 9.71 Å². The molecule has 1 aromatic heterocycles. The van der Waals surface area contributed by atoms with Gasteiger partial charge in [0.25, 0.3) is 10.0 Å². The maximum atomic E-state index is 12.3. The van der Waals surface area contributed by atoms with Gasteiger partial charge in [-0.1, -0.05) is 41.7 Å². The molecule has 3 N–H and O–H groups in total. The number of benzene rings is 1. The Bertz CT molecular complexity index is 681. The summed E-state index contributed by atoms with van der Waals surface area (Å²) >= 11 is 0.986. The van der Waals surface area contributed by atoms with Crippen molar-refractivity contribution >= 4 is 26.5 Å². The largest absolute Gasteiger partial charge is 0.375 e. The van der Waals surface area contributed by atoms with Gasteiger partial charge in [0, 0.05) is 6.04 Å². The Morgan fingerprint density at radius 3 is 2.55 bits per heavy atom. The number of aromatic nitrogens is 1. The first-order valence-electron chi connectivity index (χ1n) is 6.17. The smallest absolute Gasteiger partial charge is 0.252 e. The van der Waals surface area contributed by atoms with Gasteiger partial charge in [0.15, 0.2) is 9.34 Å². The zero-order chi connectivity index (χ0) is 14.8. The van der Waals surface area contributed by atoms with Crippen LogP contribution in [0.15, 0.2) is 34.5 Å². The first-order valence-corrected chi connectivity index (χ1v) is 8.47. The molecule has 2 rings (SSSR count). The van der Waals surface area contributed by atoms with Crippen molar-refractivity contribution in [3.8, 4) is 0 Å². The molecule has 0 fully saturated rings. The van der Waals surface area contributed by atoms with Gasteiger partial charge in [-0.15, -0.1) is 0 Å². The molecule has 7 heteroatoms. The Balaban J connectivity index is 2.10. The molecule has 108 valence electrons. The second kappa shape index (κ2) is 5.90. The van der Waals surface area contributed by atoms with Crippen LogP contribution in [0.25, 0.3) is 0 Å². The fraction of sp³-hybridized carbons (Fsp3) is 0.308. The van der Waals surface area contributed by atoms with E-state index in [1.54, 1.807) is 6.92 Å². The van der Waals surface area contributed by atoms with E-state index < -0.39 is 10.0 Å². The summed E-state index contributed by atoms with van der Waals surface area (Å²) < 4.78 is 27.4. The zero-order valence-corrected chi connectivity index (χ0v) is 13.0. The van der Waals surface area contributed by atoms with Crippen LogP contribution in [0.3, 0.4) is 0 Å². The molecule has 1 aromatic carbocycles. The molecular weight excluding hydrogens is 294 g/mol. The molecule has 5 nitrogen and oxygen atoms in total. The third kappa shape index (κ3) is 3.56. The summed E-state index contributed by atoms with van der Waals surface area (Å²) in [5, 5.41) is 0.263. The van der Waals surface area contributed by atoms with Gasteiger partial charge >= 0.3 is 0 Å². The van der Waals surface area contributed by atoms with Crippen molar-refractivity contribution in [3.63, 3.8) is 0 Å². The Morgan fingerprint density at radius 1 is 1.35 bits per heavy atom. The Kier molecular flexibility index (Phi) is 4.42. The number of aryl methyl sites for hydroxylation is 1. The van der Waals surface area contributed by atoms with Crippen molar-refractivity contribution in [1.82, 2.24) is 9.71 Å². The van der Waals surface area contributed by atoms with Gasteiger partial charge in [0.05, 0.1) is 5.69 Å². The lowest BCUT2D eigenvalue weighted by Crippen LogP contribution is -2.34. The van der Waals surface area contributed by atoms with Crippen molar-refractivity contribution in [2.45, 2.75) is 30.5 Å². The molecule has 2 aromatic rings. The summed E-state index contributed by atoms with van der Waals surface area (Å²) in [5.41, 5.74) is 7.07. The number of hydrogen-bond acceptors (Lipinski definition) is 5. The number of nitrogen functional groups attached to an aromatic ring is 1. The summed E-state index contributed by atoms with van der Waals surface area (Å²) in [5.74, 6) is 0. The molecule has 0 bridgehead atoms. The highest BCUT2D eigenvalue weighted by Gasteiger charge is 2.23. The lowest BCUT2D eigenvalue weighted by atomic mass is 10.1. The van der Waals surface area contributed by atoms with E-state index in [0.29, 0.717) is 12.1 Å². The van der Waals surface area contributed by atoms with Crippen LogP contribution in [-0.4, -0.2) is 19.4 Å². The average molecular weight is 311 g/mol. The van der Waals surface area contributed by atoms with Gasteiger partial charge in [-0.2, -0.15) is 0 Å². The highest BCUT2D eigenvalue weighted by Crippen LogP contribution is 2.25. The summed E-state index contributed by atoms with van der Waals surface area (Å²) in [6.07, 6.45) is 0.632. The minimum Gasteiger partial charge on any atom is -0.375 e. The van der Waals surface area contributed by atoms with Crippen molar-refractivity contribution in [3.05, 3.63) is 41.6 Å². The molecule has 1 unspecified atom stereocenters. The lowest BCUT2D eigenvalue weighted by molar-refractivity contribution is 0.561. The van der Waals surface area contributed by atoms with E-state index in [-0.39, 0.29) is 15.4 Å². The van der Waals surface area contributed by atoms with Crippen LogP contribution in [0, 0.1) is 6.92 Å². The number of rotatable bonds is 5. The van der Waals surface area contributed by atoms with Gasteiger partial charge in [-0.25, -0.2) is 18.1 Å². The average Bonchev–Trinajstić information content (AvgIpc) is 2.69. The Labute approximate surface area is 122 Å². The summed E-state index contributed by atoms with van der Waals surface area (Å²) in [6, 6.07) is 9.54. The maximum absolute atomic E-state index is 12.3. The number of thiazole rings is 1. The number of sulfonamides is 1. The number of nitrogens with zero attached hydrogens (tertiary/aromatic N) is 1. The Hall–Kier alpha value is -1.44. The van der Waals surface area contributed by atoms with E-state index in [1.807, 2.05) is 37.3 Å². The number of anilines is 1. The monoisotopic (exact) mass is 311 g/mol. The molecule has 0 spiro atoms. The molecule has 0 radical (unpaired) electrons. The van der Waals surface area contributed by atoms with Gasteiger partial charge in [0.1, 0.15) is 0 Å². The van der Waals surface area contributed by atoms with Crippen LogP contribution in [0.1, 0.15) is 18.2 Å². The number of nitrogens with two attached hydrogens (primary N) is 1. The van der Waals surface area contributed by atoms with Crippen molar-refractivity contribution in [2.75, 3.05) is 5.73 Å².